The second kappa shape index (κ2) is 4.96. The normalized spacial score (nSPS) is 18.2. The smallest absolute Gasteiger partial charge is 0.268 e. The Balaban J connectivity index is 2.02. The van der Waals surface area contributed by atoms with E-state index in [1.807, 2.05) is 17.5 Å². The fourth-order valence-electron chi connectivity index (χ4n) is 2.31. The van der Waals surface area contributed by atoms with Crippen molar-refractivity contribution < 1.29 is 9.90 Å². The van der Waals surface area contributed by atoms with Gasteiger partial charge in [-0.05, 0) is 36.1 Å². The molecule has 3 nitrogen and oxygen atoms in total. The predicted octanol–water partition coefficient (Wildman–Crippen LogP) is 3.49. The summed E-state index contributed by atoms with van der Waals surface area (Å²) in [6.45, 7) is 0.520. The minimum atomic E-state index is -0.555. The molecule has 1 aromatic heterocycles. The second-order valence-corrected chi connectivity index (χ2v) is 5.83. The van der Waals surface area contributed by atoms with Crippen LogP contribution < -0.4 is 4.90 Å². The summed E-state index contributed by atoms with van der Waals surface area (Å²) in [6, 6.07) is 8.95. The number of aliphatic hydroxyl groups is 1. The summed E-state index contributed by atoms with van der Waals surface area (Å²) in [5.74, 6) is -0.0227. The molecule has 2 heterocycles. The summed E-state index contributed by atoms with van der Waals surface area (Å²) >= 11 is 7.38. The first-order valence-electron chi connectivity index (χ1n) is 5.99. The molecule has 1 N–H and O–H groups in total. The number of carbonyl (C=O) groups is 1. The number of hydrogen-bond acceptors (Lipinski definition) is 3. The van der Waals surface area contributed by atoms with Crippen molar-refractivity contribution in [2.45, 2.75) is 12.5 Å². The summed E-state index contributed by atoms with van der Waals surface area (Å²) in [7, 11) is 0. The van der Waals surface area contributed by atoms with E-state index in [1.165, 1.54) is 11.3 Å². The number of carbonyl (C=O) groups excluding carboxylic acids is 1. The summed E-state index contributed by atoms with van der Waals surface area (Å²) < 4.78 is 0. The highest BCUT2D eigenvalue weighted by Crippen LogP contribution is 2.36. The molecule has 0 saturated heterocycles. The van der Waals surface area contributed by atoms with E-state index in [1.54, 1.807) is 23.1 Å². The third-order valence-corrected chi connectivity index (χ3v) is 4.34. The van der Waals surface area contributed by atoms with E-state index >= 15 is 0 Å². The Bertz CT molecular complexity index is 612. The number of benzene rings is 1. The average Bonchev–Trinajstić information content (AvgIpc) is 2.93. The van der Waals surface area contributed by atoms with E-state index in [4.69, 9.17) is 11.6 Å². The van der Waals surface area contributed by atoms with Crippen molar-refractivity contribution in [2.75, 3.05) is 11.4 Å². The molecular weight excluding hydrogens is 282 g/mol. The molecule has 98 valence electrons. The lowest BCUT2D eigenvalue weighted by Crippen LogP contribution is -2.36. The Kier molecular flexibility index (Phi) is 3.31. The van der Waals surface area contributed by atoms with Crippen LogP contribution in [0.1, 0.15) is 27.8 Å². The van der Waals surface area contributed by atoms with Crippen LogP contribution in [0.25, 0.3) is 0 Å². The van der Waals surface area contributed by atoms with E-state index in [0.717, 1.165) is 11.3 Å². The fourth-order valence-corrected chi connectivity index (χ4v) is 3.16. The molecular formula is C14H12ClNO2S. The van der Waals surface area contributed by atoms with Crippen LogP contribution in [-0.2, 0) is 0 Å². The van der Waals surface area contributed by atoms with E-state index in [9.17, 15) is 9.90 Å². The van der Waals surface area contributed by atoms with Gasteiger partial charge in [0, 0.05) is 22.8 Å². The zero-order valence-electron chi connectivity index (χ0n) is 10.0. The highest BCUT2D eigenvalue weighted by Gasteiger charge is 2.28. The topological polar surface area (TPSA) is 40.5 Å². The van der Waals surface area contributed by atoms with Gasteiger partial charge in [-0.3, -0.25) is 4.79 Å². The first-order valence-corrected chi connectivity index (χ1v) is 7.25. The average molecular weight is 294 g/mol. The molecule has 1 unspecified atom stereocenters. The van der Waals surface area contributed by atoms with E-state index in [-0.39, 0.29) is 5.91 Å². The number of hydrogen-bond donors (Lipinski definition) is 1. The molecule has 0 bridgehead atoms. The summed E-state index contributed by atoms with van der Waals surface area (Å²) in [4.78, 5) is 14.9. The van der Waals surface area contributed by atoms with Crippen LogP contribution in [0.2, 0.25) is 5.02 Å². The molecule has 0 saturated carbocycles. The molecule has 1 atom stereocenters. The van der Waals surface area contributed by atoms with Crippen molar-refractivity contribution >= 4 is 34.5 Å². The third kappa shape index (κ3) is 2.27. The molecule has 1 aromatic carbocycles. The highest BCUT2D eigenvalue weighted by molar-refractivity contribution is 7.12. The predicted molar refractivity (Wildman–Crippen MR) is 77.0 cm³/mol. The van der Waals surface area contributed by atoms with Gasteiger partial charge in [0.15, 0.2) is 0 Å². The number of halogens is 1. The molecule has 19 heavy (non-hydrogen) atoms. The Morgan fingerprint density at radius 2 is 2.26 bits per heavy atom. The number of anilines is 1. The quantitative estimate of drug-likeness (QED) is 0.874. The second-order valence-electron chi connectivity index (χ2n) is 4.44. The van der Waals surface area contributed by atoms with Crippen molar-refractivity contribution in [1.29, 1.82) is 0 Å². The van der Waals surface area contributed by atoms with Crippen LogP contribution in [0, 0.1) is 0 Å². The maximum absolute atomic E-state index is 12.4. The lowest BCUT2D eigenvalue weighted by Gasteiger charge is -2.32. The number of amides is 1. The van der Waals surface area contributed by atoms with Gasteiger partial charge in [0.05, 0.1) is 11.0 Å². The molecule has 0 fully saturated rings. The van der Waals surface area contributed by atoms with Crippen molar-refractivity contribution in [2.24, 2.45) is 0 Å². The molecule has 2 aromatic rings. The van der Waals surface area contributed by atoms with Crippen LogP contribution in [-0.4, -0.2) is 17.6 Å². The van der Waals surface area contributed by atoms with E-state index in [2.05, 4.69) is 0 Å². The zero-order chi connectivity index (χ0) is 13.4. The van der Waals surface area contributed by atoms with E-state index < -0.39 is 6.10 Å². The van der Waals surface area contributed by atoms with Gasteiger partial charge in [-0.1, -0.05) is 17.7 Å². The largest absolute Gasteiger partial charge is 0.388 e. The minimum absolute atomic E-state index is 0.0227. The number of rotatable bonds is 1. The molecule has 0 radical (unpaired) electrons. The Morgan fingerprint density at radius 3 is 3.00 bits per heavy atom. The van der Waals surface area contributed by atoms with Crippen LogP contribution >= 0.6 is 22.9 Å². The molecule has 1 aliphatic rings. The monoisotopic (exact) mass is 293 g/mol. The fraction of sp³-hybridized carbons (Fsp3) is 0.214. The van der Waals surface area contributed by atoms with Gasteiger partial charge in [0.25, 0.3) is 5.91 Å². The standard InChI is InChI=1S/C14H12ClNO2S/c15-9-3-4-11-10(8-9)12(17)5-6-16(11)14(18)13-2-1-7-19-13/h1-4,7-8,12,17H,5-6H2. The lowest BCUT2D eigenvalue weighted by atomic mass is 9.98. The van der Waals surface area contributed by atoms with Crippen LogP contribution in [0.4, 0.5) is 5.69 Å². The maximum Gasteiger partial charge on any atom is 0.268 e. The zero-order valence-corrected chi connectivity index (χ0v) is 11.6. The molecule has 1 aliphatic heterocycles. The molecule has 5 heteroatoms. The Hall–Kier alpha value is -1.36. The summed E-state index contributed by atoms with van der Waals surface area (Å²) in [5, 5.41) is 12.5. The number of aliphatic hydroxyl groups excluding tert-OH is 1. The lowest BCUT2D eigenvalue weighted by molar-refractivity contribution is 0.0974. The third-order valence-electron chi connectivity index (χ3n) is 3.24. The van der Waals surface area contributed by atoms with Crippen LogP contribution in [0.5, 0.6) is 0 Å². The number of thiophene rings is 1. The number of fused-ring (bicyclic) bond motifs is 1. The van der Waals surface area contributed by atoms with E-state index in [0.29, 0.717) is 22.9 Å². The van der Waals surface area contributed by atoms with Crippen molar-refractivity contribution in [3.05, 3.63) is 51.2 Å². The van der Waals surface area contributed by atoms with Crippen molar-refractivity contribution in [3.8, 4) is 0 Å². The Morgan fingerprint density at radius 1 is 1.42 bits per heavy atom. The molecule has 0 spiro atoms. The number of nitrogens with zero attached hydrogens (tertiary/aromatic N) is 1. The highest BCUT2D eigenvalue weighted by atomic mass is 35.5. The SMILES string of the molecule is O=C(c1cccs1)N1CCC(O)c2cc(Cl)ccc21. The summed E-state index contributed by atoms with van der Waals surface area (Å²) in [6.07, 6.45) is -0.0224. The molecule has 3 rings (SSSR count). The maximum atomic E-state index is 12.4. The van der Waals surface area contributed by atoms with Gasteiger partial charge in [-0.2, -0.15) is 0 Å². The van der Waals surface area contributed by atoms with Gasteiger partial charge >= 0.3 is 0 Å². The first kappa shape index (κ1) is 12.7. The first-order chi connectivity index (χ1) is 9.16. The van der Waals surface area contributed by atoms with Gasteiger partial charge in [0.1, 0.15) is 0 Å². The Labute approximate surface area is 120 Å². The van der Waals surface area contributed by atoms with Gasteiger partial charge < -0.3 is 10.0 Å². The van der Waals surface area contributed by atoms with Crippen LogP contribution in [0.15, 0.2) is 35.7 Å². The van der Waals surface area contributed by atoms with Crippen LogP contribution in [0.3, 0.4) is 0 Å². The molecule has 1 amide bonds. The van der Waals surface area contributed by atoms with Gasteiger partial charge in [0.2, 0.25) is 0 Å². The van der Waals surface area contributed by atoms with Gasteiger partial charge in [-0.25, -0.2) is 0 Å². The minimum Gasteiger partial charge on any atom is -0.388 e. The van der Waals surface area contributed by atoms with Crippen molar-refractivity contribution in [3.63, 3.8) is 0 Å². The van der Waals surface area contributed by atoms with Gasteiger partial charge in [-0.15, -0.1) is 11.3 Å². The van der Waals surface area contributed by atoms with Crippen molar-refractivity contribution in [1.82, 2.24) is 0 Å². The summed E-state index contributed by atoms with van der Waals surface area (Å²) in [5.41, 5.74) is 1.48. The molecule has 0 aliphatic carbocycles.